The first-order chi connectivity index (χ1) is 9.13. The van der Waals surface area contributed by atoms with Gasteiger partial charge in [0.15, 0.2) is 0 Å². The van der Waals surface area contributed by atoms with E-state index in [4.69, 9.17) is 4.74 Å². The van der Waals surface area contributed by atoms with Gasteiger partial charge in [0.2, 0.25) is 5.91 Å². The lowest BCUT2D eigenvalue weighted by molar-refractivity contribution is -0.138. The average molecular weight is 268 g/mol. The Hall–Kier alpha value is -1.47. The van der Waals surface area contributed by atoms with Crippen LogP contribution < -0.4 is 0 Å². The highest BCUT2D eigenvalue weighted by Gasteiger charge is 2.25. The molecule has 2 heterocycles. The number of aliphatic hydroxyl groups is 1. The van der Waals surface area contributed by atoms with Gasteiger partial charge in [-0.05, 0) is 13.3 Å². The highest BCUT2D eigenvalue weighted by molar-refractivity contribution is 5.80. The molecule has 0 radical (unpaired) electrons. The minimum atomic E-state index is -0.626. The zero-order valence-corrected chi connectivity index (χ0v) is 11.3. The molecule has 1 amide bonds. The minimum Gasteiger partial charge on any atom is -0.387 e. The van der Waals surface area contributed by atoms with Gasteiger partial charge in [-0.2, -0.15) is 0 Å². The molecule has 2 atom stereocenters. The van der Waals surface area contributed by atoms with Gasteiger partial charge < -0.3 is 14.7 Å². The van der Waals surface area contributed by atoms with Crippen LogP contribution in [0.3, 0.4) is 0 Å². The van der Waals surface area contributed by atoms with Crippen LogP contribution in [0, 0.1) is 0 Å². The first-order valence-electron chi connectivity index (χ1n) is 6.59. The molecule has 0 saturated carbocycles. The van der Waals surface area contributed by atoms with Gasteiger partial charge >= 0.3 is 0 Å². The summed E-state index contributed by atoms with van der Waals surface area (Å²) in [5, 5.41) is 17.5. The van der Waals surface area contributed by atoms with Crippen LogP contribution in [0.25, 0.3) is 0 Å². The molecule has 0 bridgehead atoms. The highest BCUT2D eigenvalue weighted by Crippen LogP contribution is 2.16. The molecule has 1 aliphatic heterocycles. The number of ether oxygens (including phenoxy) is 1. The summed E-state index contributed by atoms with van der Waals surface area (Å²) in [6, 6.07) is -0.414. The Labute approximate surface area is 112 Å². The molecule has 0 aromatic carbocycles. The molecule has 7 heteroatoms. The topological polar surface area (TPSA) is 80.5 Å². The standard InChI is InChI=1S/C12H20N4O3/c1-3-11(17)10-8-16(14-13-10)9(2)12(18)15-4-6-19-7-5-15/h8-9,11,17H,3-7H2,1-2H3. The summed E-state index contributed by atoms with van der Waals surface area (Å²) in [4.78, 5) is 14.0. The van der Waals surface area contributed by atoms with Crippen LogP contribution in [0.5, 0.6) is 0 Å². The number of carbonyl (C=O) groups is 1. The molecule has 19 heavy (non-hydrogen) atoms. The van der Waals surface area contributed by atoms with E-state index < -0.39 is 12.1 Å². The molecule has 2 unspecified atom stereocenters. The first kappa shape index (κ1) is 14.0. The molecule has 106 valence electrons. The van der Waals surface area contributed by atoms with E-state index in [0.717, 1.165) is 0 Å². The predicted octanol–water partition coefficient (Wildman–Crippen LogP) is 0.141. The molecule has 7 nitrogen and oxygen atoms in total. The summed E-state index contributed by atoms with van der Waals surface area (Å²) in [6.45, 7) is 6.04. The molecule has 1 aromatic heterocycles. The van der Waals surface area contributed by atoms with Crippen LogP contribution in [-0.2, 0) is 9.53 Å². The van der Waals surface area contributed by atoms with Crippen LogP contribution in [0.15, 0.2) is 6.20 Å². The highest BCUT2D eigenvalue weighted by atomic mass is 16.5. The average Bonchev–Trinajstić information content (AvgIpc) is 2.95. The van der Waals surface area contributed by atoms with Gasteiger partial charge in [-0.25, -0.2) is 4.68 Å². The molecule has 0 spiro atoms. The third-order valence-corrected chi connectivity index (χ3v) is 3.33. The zero-order valence-electron chi connectivity index (χ0n) is 11.3. The van der Waals surface area contributed by atoms with E-state index in [1.807, 2.05) is 6.92 Å². The van der Waals surface area contributed by atoms with Crippen molar-refractivity contribution in [2.24, 2.45) is 0 Å². The van der Waals surface area contributed by atoms with E-state index in [0.29, 0.717) is 38.4 Å². The number of aromatic nitrogens is 3. The SMILES string of the molecule is CCC(O)c1cn(C(C)C(=O)N2CCOCC2)nn1. The summed E-state index contributed by atoms with van der Waals surface area (Å²) in [7, 11) is 0. The van der Waals surface area contributed by atoms with Crippen molar-refractivity contribution in [1.29, 1.82) is 0 Å². The van der Waals surface area contributed by atoms with Gasteiger partial charge in [0, 0.05) is 13.1 Å². The van der Waals surface area contributed by atoms with E-state index in [9.17, 15) is 9.90 Å². The van der Waals surface area contributed by atoms with Gasteiger partial charge in [-0.1, -0.05) is 12.1 Å². The maximum Gasteiger partial charge on any atom is 0.247 e. The summed E-state index contributed by atoms with van der Waals surface area (Å²) in [5.41, 5.74) is 0.504. The van der Waals surface area contributed by atoms with E-state index in [1.165, 1.54) is 4.68 Å². The second kappa shape index (κ2) is 6.12. The molecular weight excluding hydrogens is 248 g/mol. The maximum atomic E-state index is 12.3. The lowest BCUT2D eigenvalue weighted by atomic mass is 10.2. The molecule has 1 saturated heterocycles. The minimum absolute atomic E-state index is 0.00531. The van der Waals surface area contributed by atoms with Gasteiger partial charge in [0.25, 0.3) is 0 Å². The summed E-state index contributed by atoms with van der Waals surface area (Å²) >= 11 is 0. The van der Waals surface area contributed by atoms with Gasteiger partial charge in [0.1, 0.15) is 11.7 Å². The number of carbonyl (C=O) groups excluding carboxylic acids is 1. The molecular formula is C12H20N4O3. The van der Waals surface area contributed by atoms with Gasteiger partial charge in [-0.3, -0.25) is 4.79 Å². The van der Waals surface area contributed by atoms with Crippen LogP contribution in [0.2, 0.25) is 0 Å². The second-order valence-corrected chi connectivity index (χ2v) is 4.66. The number of nitrogens with zero attached hydrogens (tertiary/aromatic N) is 4. The van der Waals surface area contributed by atoms with Crippen molar-refractivity contribution in [3.63, 3.8) is 0 Å². The van der Waals surface area contributed by atoms with E-state index in [2.05, 4.69) is 10.3 Å². The fourth-order valence-corrected chi connectivity index (χ4v) is 2.00. The Morgan fingerprint density at radius 3 is 2.84 bits per heavy atom. The van der Waals surface area contributed by atoms with Crippen molar-refractivity contribution >= 4 is 5.91 Å². The van der Waals surface area contributed by atoms with Crippen molar-refractivity contribution in [1.82, 2.24) is 19.9 Å². The van der Waals surface area contributed by atoms with Crippen molar-refractivity contribution in [2.75, 3.05) is 26.3 Å². The third-order valence-electron chi connectivity index (χ3n) is 3.33. The van der Waals surface area contributed by atoms with Crippen molar-refractivity contribution in [3.8, 4) is 0 Å². The maximum absolute atomic E-state index is 12.3. The summed E-state index contributed by atoms with van der Waals surface area (Å²) in [6.07, 6.45) is 1.58. The van der Waals surface area contributed by atoms with Crippen LogP contribution >= 0.6 is 0 Å². The first-order valence-corrected chi connectivity index (χ1v) is 6.59. The fraction of sp³-hybridized carbons (Fsp3) is 0.750. The number of hydrogen-bond acceptors (Lipinski definition) is 5. The Morgan fingerprint density at radius 1 is 1.53 bits per heavy atom. The van der Waals surface area contributed by atoms with E-state index >= 15 is 0 Å². The van der Waals surface area contributed by atoms with Crippen LogP contribution in [0.1, 0.15) is 38.1 Å². The van der Waals surface area contributed by atoms with E-state index in [-0.39, 0.29) is 5.91 Å². The van der Waals surface area contributed by atoms with Gasteiger partial charge in [-0.15, -0.1) is 5.10 Å². The molecule has 1 aliphatic rings. The number of aliphatic hydroxyl groups excluding tert-OH is 1. The van der Waals surface area contributed by atoms with Crippen LogP contribution in [-0.4, -0.2) is 57.2 Å². The largest absolute Gasteiger partial charge is 0.387 e. The predicted molar refractivity (Wildman–Crippen MR) is 67.4 cm³/mol. The Bertz CT molecular complexity index is 428. The molecule has 2 rings (SSSR count). The van der Waals surface area contributed by atoms with Crippen LogP contribution in [0.4, 0.5) is 0 Å². The van der Waals surface area contributed by atoms with E-state index in [1.54, 1.807) is 18.0 Å². The summed E-state index contributed by atoms with van der Waals surface area (Å²) in [5.74, 6) is 0.00531. The Morgan fingerprint density at radius 2 is 2.21 bits per heavy atom. The monoisotopic (exact) mass is 268 g/mol. The van der Waals surface area contributed by atoms with Crippen molar-refractivity contribution < 1.29 is 14.6 Å². The number of morpholine rings is 1. The fourth-order valence-electron chi connectivity index (χ4n) is 2.00. The van der Waals surface area contributed by atoms with Crippen molar-refractivity contribution in [3.05, 3.63) is 11.9 Å². The molecule has 1 fully saturated rings. The number of amides is 1. The lowest BCUT2D eigenvalue weighted by Crippen LogP contribution is -2.43. The normalized spacial score (nSPS) is 19.2. The number of rotatable bonds is 4. The molecule has 0 aliphatic carbocycles. The quantitative estimate of drug-likeness (QED) is 0.840. The number of hydrogen-bond donors (Lipinski definition) is 1. The van der Waals surface area contributed by atoms with Crippen molar-refractivity contribution in [2.45, 2.75) is 32.4 Å². The molecule has 1 N–H and O–H groups in total. The second-order valence-electron chi connectivity index (χ2n) is 4.66. The van der Waals surface area contributed by atoms with Gasteiger partial charge in [0.05, 0.1) is 25.5 Å². The Kier molecular flexibility index (Phi) is 4.49. The zero-order chi connectivity index (χ0) is 13.8. The third kappa shape index (κ3) is 3.10. The Balaban J connectivity index is 2.03. The molecule has 1 aromatic rings. The summed E-state index contributed by atoms with van der Waals surface area (Å²) < 4.78 is 6.73. The smallest absolute Gasteiger partial charge is 0.247 e. The lowest BCUT2D eigenvalue weighted by Gasteiger charge is -2.29.